The lowest BCUT2D eigenvalue weighted by Crippen LogP contribution is -2.62. The molecule has 10 nitrogen and oxygen atoms in total. The van der Waals surface area contributed by atoms with Gasteiger partial charge in [-0.15, -0.1) is 5.10 Å². The largest absolute Gasteiger partial charge is 0.389 e. The third-order valence-electron chi connectivity index (χ3n) is 3.20. The van der Waals surface area contributed by atoms with E-state index in [0.29, 0.717) is 6.42 Å². The molecular formula is C9H19N7O3. The Hall–Kier alpha value is -1.46. The first kappa shape index (κ1) is 14.0. The standard InChI is InChI=1S/C9H19N7O3/c10-3-1-4(11)7(6(18)5(3)17)19-2-16-9(13)14-8(12)15-16/h3-7,17-18H,1-2,10-11H2,(H4,12,13,14,15)/t3-,4?,5?,6?,7-/m1/s1. The Morgan fingerprint density at radius 3 is 2.47 bits per heavy atom. The fraction of sp³-hybridized carbons (Fsp3) is 0.778. The highest BCUT2D eigenvalue weighted by Crippen LogP contribution is 2.21. The van der Waals surface area contributed by atoms with Crippen LogP contribution in [0.5, 0.6) is 0 Å². The lowest BCUT2D eigenvalue weighted by atomic mass is 9.85. The van der Waals surface area contributed by atoms with Crippen molar-refractivity contribution in [1.29, 1.82) is 0 Å². The molecule has 0 aliphatic heterocycles. The fourth-order valence-electron chi connectivity index (χ4n) is 2.13. The fourth-order valence-corrected chi connectivity index (χ4v) is 2.13. The van der Waals surface area contributed by atoms with E-state index in [9.17, 15) is 10.2 Å². The van der Waals surface area contributed by atoms with Gasteiger partial charge in [-0.2, -0.15) is 4.98 Å². The normalized spacial score (nSPS) is 35.5. The first-order chi connectivity index (χ1) is 8.90. The molecule has 10 heteroatoms. The van der Waals surface area contributed by atoms with Crippen molar-refractivity contribution in [2.75, 3.05) is 11.5 Å². The zero-order chi connectivity index (χ0) is 14.2. The molecule has 0 spiro atoms. The number of aromatic nitrogens is 3. The Morgan fingerprint density at radius 2 is 1.89 bits per heavy atom. The van der Waals surface area contributed by atoms with Crippen molar-refractivity contribution in [3.63, 3.8) is 0 Å². The van der Waals surface area contributed by atoms with Crippen molar-refractivity contribution in [2.45, 2.75) is 43.5 Å². The second-order valence-electron chi connectivity index (χ2n) is 4.63. The van der Waals surface area contributed by atoms with Gasteiger partial charge in [0.25, 0.3) is 0 Å². The number of aliphatic hydroxyl groups is 2. The zero-order valence-corrected chi connectivity index (χ0v) is 10.3. The van der Waals surface area contributed by atoms with Crippen LogP contribution in [0.1, 0.15) is 6.42 Å². The van der Waals surface area contributed by atoms with Crippen molar-refractivity contribution in [1.82, 2.24) is 14.8 Å². The van der Waals surface area contributed by atoms with Crippen LogP contribution in [0.4, 0.5) is 11.9 Å². The van der Waals surface area contributed by atoms with Gasteiger partial charge < -0.3 is 37.9 Å². The van der Waals surface area contributed by atoms with Crippen LogP contribution < -0.4 is 22.9 Å². The van der Waals surface area contributed by atoms with Crippen LogP contribution in [0, 0.1) is 0 Å². The summed E-state index contributed by atoms with van der Waals surface area (Å²) in [4.78, 5) is 3.70. The third kappa shape index (κ3) is 2.77. The Bertz CT molecular complexity index is 439. The molecular weight excluding hydrogens is 254 g/mol. The molecule has 1 aromatic rings. The number of nitrogen functional groups attached to an aromatic ring is 2. The Balaban J connectivity index is 2.00. The minimum absolute atomic E-state index is 0.0247. The van der Waals surface area contributed by atoms with Crippen LogP contribution in [0.15, 0.2) is 0 Å². The first-order valence-electron chi connectivity index (χ1n) is 5.85. The van der Waals surface area contributed by atoms with Crippen LogP contribution in [0.25, 0.3) is 0 Å². The highest BCUT2D eigenvalue weighted by Gasteiger charge is 2.41. The first-order valence-corrected chi connectivity index (χ1v) is 5.85. The number of hydrogen-bond donors (Lipinski definition) is 6. The molecule has 1 aliphatic rings. The van der Waals surface area contributed by atoms with E-state index in [1.54, 1.807) is 0 Å². The molecule has 1 aromatic heterocycles. The van der Waals surface area contributed by atoms with Crippen LogP contribution >= 0.6 is 0 Å². The van der Waals surface area contributed by atoms with Crippen LogP contribution in [0.2, 0.25) is 0 Å². The number of ether oxygens (including phenoxy) is 1. The van der Waals surface area contributed by atoms with Crippen molar-refractivity contribution < 1.29 is 14.9 Å². The summed E-state index contributed by atoms with van der Waals surface area (Å²) in [6.45, 7) is -0.0760. The molecule has 1 aliphatic carbocycles. The molecule has 1 fully saturated rings. The summed E-state index contributed by atoms with van der Waals surface area (Å²) in [7, 11) is 0. The topological polar surface area (TPSA) is 184 Å². The zero-order valence-electron chi connectivity index (χ0n) is 10.3. The van der Waals surface area contributed by atoms with E-state index in [-0.39, 0.29) is 18.6 Å². The van der Waals surface area contributed by atoms with Gasteiger partial charge in [0.15, 0.2) is 0 Å². The van der Waals surface area contributed by atoms with E-state index in [1.165, 1.54) is 4.68 Å². The van der Waals surface area contributed by atoms with Crippen LogP contribution in [0.3, 0.4) is 0 Å². The van der Waals surface area contributed by atoms with E-state index >= 15 is 0 Å². The Morgan fingerprint density at radius 1 is 1.21 bits per heavy atom. The highest BCUT2D eigenvalue weighted by molar-refractivity contribution is 5.25. The second-order valence-corrected chi connectivity index (χ2v) is 4.63. The molecule has 1 saturated carbocycles. The monoisotopic (exact) mass is 273 g/mol. The van der Waals surface area contributed by atoms with Crippen molar-refractivity contribution in [3.05, 3.63) is 0 Å². The molecule has 3 unspecified atom stereocenters. The summed E-state index contributed by atoms with van der Waals surface area (Å²) in [5.74, 6) is 0.116. The van der Waals surface area contributed by atoms with Crippen LogP contribution in [-0.2, 0) is 11.5 Å². The van der Waals surface area contributed by atoms with Gasteiger partial charge in [-0.25, -0.2) is 4.68 Å². The van der Waals surface area contributed by atoms with Crippen molar-refractivity contribution >= 4 is 11.9 Å². The number of anilines is 2. The molecule has 10 N–H and O–H groups in total. The van der Waals surface area contributed by atoms with Gasteiger partial charge in [0, 0.05) is 12.1 Å². The van der Waals surface area contributed by atoms with Gasteiger partial charge in [0.1, 0.15) is 18.9 Å². The van der Waals surface area contributed by atoms with Crippen molar-refractivity contribution in [2.24, 2.45) is 11.5 Å². The van der Waals surface area contributed by atoms with Gasteiger partial charge in [0.05, 0.1) is 6.10 Å². The second kappa shape index (κ2) is 5.27. The highest BCUT2D eigenvalue weighted by atomic mass is 16.5. The maximum Gasteiger partial charge on any atom is 0.241 e. The average molecular weight is 273 g/mol. The molecule has 19 heavy (non-hydrogen) atoms. The Labute approximate surface area is 109 Å². The SMILES string of the molecule is Nc1nc(N)n(CO[C@@H]2C(N)C[C@@H](N)C(O)C2O)n1. The Kier molecular flexibility index (Phi) is 3.87. The number of rotatable bonds is 3. The number of nitrogens with zero attached hydrogens (tertiary/aromatic N) is 3. The number of hydrogen-bond acceptors (Lipinski definition) is 9. The third-order valence-corrected chi connectivity index (χ3v) is 3.20. The summed E-state index contributed by atoms with van der Waals surface area (Å²) in [5, 5.41) is 23.4. The number of nitrogens with two attached hydrogens (primary N) is 4. The minimum atomic E-state index is -1.17. The van der Waals surface area contributed by atoms with Gasteiger partial charge in [0.2, 0.25) is 11.9 Å². The molecule has 0 aromatic carbocycles. The molecule has 108 valence electrons. The van der Waals surface area contributed by atoms with Gasteiger partial charge in [-0.05, 0) is 6.42 Å². The average Bonchev–Trinajstić information content (AvgIpc) is 2.65. The van der Waals surface area contributed by atoms with Crippen LogP contribution in [-0.4, -0.2) is 55.4 Å². The predicted octanol–water partition coefficient (Wildman–Crippen LogP) is -3.43. The summed E-state index contributed by atoms with van der Waals surface area (Å²) < 4.78 is 6.67. The van der Waals surface area contributed by atoms with E-state index in [1.807, 2.05) is 0 Å². The molecule has 0 saturated heterocycles. The summed E-state index contributed by atoms with van der Waals surface area (Å²) in [6, 6.07) is -1.06. The van der Waals surface area contributed by atoms with Gasteiger partial charge >= 0.3 is 0 Å². The molecule has 1 heterocycles. The molecule has 2 rings (SSSR count). The minimum Gasteiger partial charge on any atom is -0.389 e. The molecule has 0 radical (unpaired) electrons. The van der Waals surface area contributed by atoms with Crippen molar-refractivity contribution in [3.8, 4) is 0 Å². The maximum atomic E-state index is 9.89. The number of aliphatic hydroxyl groups excluding tert-OH is 2. The quantitative estimate of drug-likeness (QED) is 0.326. The molecule has 0 amide bonds. The maximum absolute atomic E-state index is 9.89. The molecule has 0 bridgehead atoms. The van der Waals surface area contributed by atoms with E-state index in [4.69, 9.17) is 27.7 Å². The predicted molar refractivity (Wildman–Crippen MR) is 66.3 cm³/mol. The van der Waals surface area contributed by atoms with E-state index in [0.717, 1.165) is 0 Å². The summed E-state index contributed by atoms with van der Waals surface area (Å²) in [6.07, 6.45) is -2.67. The summed E-state index contributed by atoms with van der Waals surface area (Å²) >= 11 is 0. The lowest BCUT2D eigenvalue weighted by molar-refractivity contribution is -0.142. The molecule has 5 atom stereocenters. The smallest absolute Gasteiger partial charge is 0.241 e. The van der Waals surface area contributed by atoms with E-state index < -0.39 is 30.4 Å². The van der Waals surface area contributed by atoms with Gasteiger partial charge in [-0.3, -0.25) is 0 Å². The van der Waals surface area contributed by atoms with E-state index in [2.05, 4.69) is 10.1 Å². The van der Waals surface area contributed by atoms with Gasteiger partial charge in [-0.1, -0.05) is 0 Å². The summed E-state index contributed by atoms with van der Waals surface area (Å²) in [5.41, 5.74) is 22.4. The lowest BCUT2D eigenvalue weighted by Gasteiger charge is -2.39.